The summed E-state index contributed by atoms with van der Waals surface area (Å²) < 4.78 is 24.4. The first-order valence-corrected chi connectivity index (χ1v) is 17.8. The lowest BCUT2D eigenvalue weighted by atomic mass is 9.74. The molecule has 1 saturated heterocycles. The largest absolute Gasteiger partial charge is 0.493 e. The summed E-state index contributed by atoms with van der Waals surface area (Å²) in [7, 11) is 3.29. The molecule has 45 heavy (non-hydrogen) atoms. The lowest BCUT2D eigenvalue weighted by Crippen LogP contribution is -2.37. The van der Waals surface area contributed by atoms with Crippen molar-refractivity contribution >= 4 is 0 Å². The van der Waals surface area contributed by atoms with Gasteiger partial charge in [-0.1, -0.05) is 102 Å². The van der Waals surface area contributed by atoms with E-state index in [2.05, 4.69) is 17.9 Å². The fraction of sp³-hybridized carbons (Fsp3) is 0.667. The number of hydrogen-bond acceptors (Lipinski definition) is 5. The van der Waals surface area contributed by atoms with Crippen LogP contribution in [0.4, 0.5) is 4.39 Å². The van der Waals surface area contributed by atoms with Gasteiger partial charge in [-0.3, -0.25) is 0 Å². The Balaban J connectivity index is 1.50. The highest BCUT2D eigenvalue weighted by Crippen LogP contribution is 2.39. The Morgan fingerprint density at radius 2 is 1.38 bits per heavy atom. The average Bonchev–Trinajstić information content (AvgIpc) is 3.08. The number of benzene rings is 2. The summed E-state index contributed by atoms with van der Waals surface area (Å²) in [5.74, 6) is 1.26. The number of ether oxygens (including phenoxy) is 2. The highest BCUT2D eigenvalue weighted by molar-refractivity contribution is 5.47. The Kier molecular flexibility index (Phi) is 16.8. The van der Waals surface area contributed by atoms with Gasteiger partial charge >= 0.3 is 0 Å². The second kappa shape index (κ2) is 20.5. The summed E-state index contributed by atoms with van der Waals surface area (Å²) in [6, 6.07) is 15.0. The molecule has 1 aliphatic rings. The summed E-state index contributed by atoms with van der Waals surface area (Å²) in [4.78, 5) is 2.47. The van der Waals surface area contributed by atoms with E-state index in [-0.39, 0.29) is 11.7 Å². The maximum Gasteiger partial charge on any atom is 0.161 e. The van der Waals surface area contributed by atoms with Crippen LogP contribution in [0.15, 0.2) is 42.5 Å². The van der Waals surface area contributed by atoms with E-state index >= 15 is 0 Å². The molecule has 0 aromatic heterocycles. The van der Waals surface area contributed by atoms with Crippen LogP contribution in [0.2, 0.25) is 0 Å². The second-order valence-electron chi connectivity index (χ2n) is 13.2. The monoisotopic (exact) mass is 622 g/mol. The number of aliphatic hydroxyl groups excluding tert-OH is 1. The molecular formula is C39H59FN2O3. The van der Waals surface area contributed by atoms with Crippen LogP contribution in [-0.4, -0.2) is 43.9 Å². The van der Waals surface area contributed by atoms with Crippen molar-refractivity contribution in [3.05, 3.63) is 59.4 Å². The van der Waals surface area contributed by atoms with Gasteiger partial charge in [0, 0.05) is 0 Å². The molecule has 0 radical (unpaired) electrons. The molecule has 250 valence electrons. The smallest absolute Gasteiger partial charge is 0.161 e. The van der Waals surface area contributed by atoms with Crippen LogP contribution >= 0.6 is 0 Å². The van der Waals surface area contributed by atoms with E-state index in [4.69, 9.17) is 9.47 Å². The lowest BCUT2D eigenvalue weighted by molar-refractivity contribution is 0.0580. The normalized spacial score (nSPS) is 16.2. The van der Waals surface area contributed by atoms with Crippen molar-refractivity contribution in [3.8, 4) is 17.6 Å². The fourth-order valence-electron chi connectivity index (χ4n) is 7.02. The molecule has 2 aromatic rings. The summed E-state index contributed by atoms with van der Waals surface area (Å²) in [6.07, 6.45) is 19.5. The van der Waals surface area contributed by atoms with Crippen molar-refractivity contribution in [1.82, 2.24) is 4.90 Å². The molecule has 3 rings (SSSR count). The first-order chi connectivity index (χ1) is 22.0. The van der Waals surface area contributed by atoms with E-state index in [1.165, 1.54) is 76.3 Å². The van der Waals surface area contributed by atoms with Crippen LogP contribution in [-0.2, 0) is 5.41 Å². The number of rotatable bonds is 22. The van der Waals surface area contributed by atoms with Gasteiger partial charge in [0.2, 0.25) is 0 Å². The maximum atomic E-state index is 13.3. The Morgan fingerprint density at radius 1 is 0.822 bits per heavy atom. The first-order valence-electron chi connectivity index (χ1n) is 17.8. The van der Waals surface area contributed by atoms with Gasteiger partial charge in [0.1, 0.15) is 5.82 Å². The van der Waals surface area contributed by atoms with Crippen LogP contribution in [0.3, 0.4) is 0 Å². The van der Waals surface area contributed by atoms with E-state index < -0.39 is 11.5 Å². The molecule has 2 atom stereocenters. The van der Waals surface area contributed by atoms with E-state index in [9.17, 15) is 14.8 Å². The van der Waals surface area contributed by atoms with Crippen LogP contribution in [0.25, 0.3) is 0 Å². The van der Waals surface area contributed by atoms with E-state index in [0.717, 1.165) is 75.7 Å². The van der Waals surface area contributed by atoms with Crippen LogP contribution < -0.4 is 9.47 Å². The van der Waals surface area contributed by atoms with Gasteiger partial charge in [0.15, 0.2) is 11.5 Å². The predicted octanol–water partition coefficient (Wildman–Crippen LogP) is 9.92. The molecule has 0 saturated carbocycles. The zero-order valence-electron chi connectivity index (χ0n) is 28.4. The third kappa shape index (κ3) is 11.9. The number of nitriles is 1. The summed E-state index contributed by atoms with van der Waals surface area (Å²) in [5.41, 5.74) is 1.25. The third-order valence-corrected chi connectivity index (χ3v) is 9.98. The number of aliphatic hydroxyl groups is 1. The molecule has 0 bridgehead atoms. The highest BCUT2D eigenvalue weighted by Gasteiger charge is 2.33. The molecule has 0 spiro atoms. The van der Waals surface area contributed by atoms with Gasteiger partial charge in [-0.25, -0.2) is 4.39 Å². The fourth-order valence-corrected chi connectivity index (χ4v) is 7.02. The number of methoxy groups -OCH3 is 2. The molecular weight excluding hydrogens is 563 g/mol. The van der Waals surface area contributed by atoms with Crippen molar-refractivity contribution in [2.24, 2.45) is 5.92 Å². The molecule has 2 unspecified atom stereocenters. The minimum Gasteiger partial charge on any atom is -0.493 e. The maximum absolute atomic E-state index is 13.3. The minimum atomic E-state index is -0.560. The molecule has 5 nitrogen and oxygen atoms in total. The molecule has 0 aliphatic carbocycles. The van der Waals surface area contributed by atoms with Gasteiger partial charge in [-0.05, 0) is 93.0 Å². The summed E-state index contributed by atoms with van der Waals surface area (Å²) >= 11 is 0. The van der Waals surface area contributed by atoms with Gasteiger partial charge in [-0.15, -0.1) is 0 Å². The Labute approximate surface area is 273 Å². The SMILES string of the molecule is CCCCCCCCCCCCCCC(C#N)(CCCN1CCC(C(O)c2ccc(F)cc2)CC1)c1ccc(OC)c(OC)c1. The molecule has 1 heterocycles. The number of likely N-dealkylation sites (tertiary alicyclic amines) is 1. The van der Waals surface area contributed by atoms with Crippen molar-refractivity contribution in [3.63, 3.8) is 0 Å². The second-order valence-corrected chi connectivity index (χ2v) is 13.2. The number of nitrogens with zero attached hydrogens (tertiary/aromatic N) is 2. The van der Waals surface area contributed by atoms with Crippen LogP contribution in [0, 0.1) is 23.1 Å². The average molecular weight is 623 g/mol. The van der Waals surface area contributed by atoms with Crippen molar-refractivity contribution in [1.29, 1.82) is 5.26 Å². The van der Waals surface area contributed by atoms with Gasteiger partial charge in [0.05, 0.1) is 31.8 Å². The number of halogens is 1. The highest BCUT2D eigenvalue weighted by atomic mass is 19.1. The molecule has 1 fully saturated rings. The van der Waals surface area contributed by atoms with Gasteiger partial charge in [0.25, 0.3) is 0 Å². The molecule has 6 heteroatoms. The standard InChI is InChI=1S/C39H59FN2O3/c1-4-5-6-7-8-9-10-11-12-13-14-15-25-39(31-41,34-19-22-36(44-2)37(30-34)45-3)26-16-27-42-28-23-33(24-29-42)38(43)32-17-20-35(40)21-18-32/h17-22,30,33,38,43H,4-16,23-29H2,1-3H3. The first kappa shape index (κ1) is 36.8. The van der Waals surface area contributed by atoms with Crippen molar-refractivity contribution in [2.45, 2.75) is 128 Å². The van der Waals surface area contributed by atoms with E-state index in [1.54, 1.807) is 26.4 Å². The Morgan fingerprint density at radius 3 is 1.93 bits per heavy atom. The number of piperidine rings is 1. The number of unbranched alkanes of at least 4 members (excludes halogenated alkanes) is 11. The molecule has 1 N–H and O–H groups in total. The van der Waals surface area contributed by atoms with Crippen LogP contribution in [0.1, 0.15) is 133 Å². The molecule has 0 amide bonds. The lowest BCUT2D eigenvalue weighted by Gasteiger charge is -2.35. The molecule has 1 aliphatic heterocycles. The predicted molar refractivity (Wildman–Crippen MR) is 182 cm³/mol. The Bertz CT molecular complexity index is 1130. The quantitative estimate of drug-likeness (QED) is 0.132. The van der Waals surface area contributed by atoms with Crippen molar-refractivity contribution in [2.75, 3.05) is 33.9 Å². The zero-order valence-corrected chi connectivity index (χ0v) is 28.4. The van der Waals surface area contributed by atoms with Crippen molar-refractivity contribution < 1.29 is 19.0 Å². The summed E-state index contributed by atoms with van der Waals surface area (Å²) in [6.45, 7) is 5.07. The van der Waals surface area contributed by atoms with E-state index in [0.29, 0.717) is 11.5 Å². The minimum absolute atomic E-state index is 0.183. The zero-order chi connectivity index (χ0) is 32.3. The molecule has 2 aromatic carbocycles. The summed E-state index contributed by atoms with van der Waals surface area (Å²) in [5, 5.41) is 21.5. The van der Waals surface area contributed by atoms with Gasteiger partial charge < -0.3 is 19.5 Å². The third-order valence-electron chi connectivity index (χ3n) is 9.98. The van der Waals surface area contributed by atoms with Crippen LogP contribution in [0.5, 0.6) is 11.5 Å². The van der Waals surface area contributed by atoms with E-state index in [1.807, 2.05) is 18.2 Å². The topological polar surface area (TPSA) is 65.7 Å². The number of hydrogen-bond donors (Lipinski definition) is 1. The Hall–Kier alpha value is -2.62. The van der Waals surface area contributed by atoms with Gasteiger partial charge in [-0.2, -0.15) is 5.26 Å².